The number of thioether (sulfide) groups is 1. The van der Waals surface area contributed by atoms with Crippen LogP contribution in [0.15, 0.2) is 129 Å². The second kappa shape index (κ2) is 9.68. The minimum absolute atomic E-state index is 0.0756. The van der Waals surface area contributed by atoms with E-state index in [4.69, 9.17) is 0 Å². The van der Waals surface area contributed by atoms with Crippen molar-refractivity contribution in [3.8, 4) is 0 Å². The van der Waals surface area contributed by atoms with Crippen LogP contribution in [0.2, 0.25) is 0 Å². The summed E-state index contributed by atoms with van der Waals surface area (Å²) in [6.45, 7) is 0. The van der Waals surface area contributed by atoms with Crippen LogP contribution >= 0.6 is 34.4 Å². The van der Waals surface area contributed by atoms with Gasteiger partial charge < -0.3 is 0 Å². The molecule has 0 spiro atoms. The predicted octanol–water partition coefficient (Wildman–Crippen LogP) is 7.68. The van der Waals surface area contributed by atoms with Gasteiger partial charge in [0.15, 0.2) is 14.7 Å². The Morgan fingerprint density at radius 2 is 1.07 bits per heavy atom. The molecular weight excluding hydrogens is 491 g/mol. The average molecular weight is 511 g/mol. The van der Waals surface area contributed by atoms with Crippen molar-refractivity contribution in [2.45, 2.75) is 25.3 Å². The van der Waals surface area contributed by atoms with E-state index in [0.717, 1.165) is 5.75 Å². The summed E-state index contributed by atoms with van der Waals surface area (Å²) in [6, 6.07) is 39.5. The Kier molecular flexibility index (Phi) is 6.78. The smallest absolute Gasteiger partial charge is 0.121 e. The van der Waals surface area contributed by atoms with E-state index in [1.807, 2.05) is 11.8 Å². The molecule has 0 fully saturated rings. The summed E-state index contributed by atoms with van der Waals surface area (Å²) in [5, 5.41) is 0. The van der Waals surface area contributed by atoms with Crippen LogP contribution in [-0.4, -0.2) is 0 Å². The third kappa shape index (κ3) is 5.02. The van der Waals surface area contributed by atoms with Gasteiger partial charge in [-0.3, -0.25) is 0 Å². The second-order valence-corrected chi connectivity index (χ2v) is 10.6. The average Bonchev–Trinajstić information content (AvgIpc) is 2.76. The molecule has 0 saturated carbocycles. The van der Waals surface area contributed by atoms with Crippen molar-refractivity contribution >= 4 is 45.2 Å². The molecule has 0 aliphatic rings. The molecule has 28 heavy (non-hydrogen) atoms. The lowest BCUT2D eigenvalue weighted by atomic mass is 10.2. The highest BCUT2D eigenvalue weighted by Crippen LogP contribution is 2.32. The van der Waals surface area contributed by atoms with Gasteiger partial charge >= 0.3 is 0 Å². The Hall–Kier alpha value is -1.69. The number of benzene rings is 4. The van der Waals surface area contributed by atoms with E-state index in [2.05, 4.69) is 132 Å². The summed E-state index contributed by atoms with van der Waals surface area (Å²) in [5.41, 5.74) is 1.36. The number of hydrogen-bond acceptors (Lipinski definition) is 1. The van der Waals surface area contributed by atoms with Gasteiger partial charge in [0.2, 0.25) is 0 Å². The normalized spacial score (nSPS) is 10.9. The molecule has 138 valence electrons. The van der Waals surface area contributed by atoms with E-state index < -0.39 is 0 Å². The van der Waals surface area contributed by atoms with E-state index in [0.29, 0.717) is 0 Å². The number of halogens is 1. The van der Waals surface area contributed by atoms with Crippen molar-refractivity contribution in [3.05, 3.63) is 118 Å². The third-order valence-electron chi connectivity index (χ3n) is 4.34. The zero-order valence-electron chi connectivity index (χ0n) is 15.3. The highest BCUT2D eigenvalue weighted by Gasteiger charge is 2.27. The topological polar surface area (TPSA) is 0 Å². The quantitative estimate of drug-likeness (QED) is 0.145. The zero-order chi connectivity index (χ0) is 19.2. The molecule has 0 atom stereocenters. The molecule has 0 aliphatic carbocycles. The molecule has 0 unspecified atom stereocenters. The molecule has 4 aromatic rings. The summed E-state index contributed by atoms with van der Waals surface area (Å²) >= 11 is 4.24. The highest BCUT2D eigenvalue weighted by atomic mass is 127. The molecule has 0 radical (unpaired) electrons. The molecule has 0 N–H and O–H groups in total. The van der Waals surface area contributed by atoms with Crippen LogP contribution in [0.5, 0.6) is 0 Å². The lowest BCUT2D eigenvalue weighted by molar-refractivity contribution is 1.28. The van der Waals surface area contributed by atoms with Gasteiger partial charge in [0.1, 0.15) is 0 Å². The third-order valence-corrected chi connectivity index (χ3v) is 8.37. The molecule has 0 amide bonds. The Balaban J connectivity index is 1.55. The monoisotopic (exact) mass is 511 g/mol. The lowest BCUT2D eigenvalue weighted by Gasteiger charge is -2.09. The Bertz CT molecular complexity index is 958. The molecule has 4 aromatic carbocycles. The van der Waals surface area contributed by atoms with E-state index >= 15 is 0 Å². The summed E-state index contributed by atoms with van der Waals surface area (Å²) in [5.74, 6) is 0.999. The maximum absolute atomic E-state index is 2.35. The van der Waals surface area contributed by atoms with Crippen LogP contribution in [0, 0.1) is 3.57 Å². The highest BCUT2D eigenvalue weighted by molar-refractivity contribution is 14.1. The summed E-state index contributed by atoms with van der Waals surface area (Å²) in [4.78, 5) is 5.38. The number of rotatable bonds is 6. The Morgan fingerprint density at radius 1 is 0.571 bits per heavy atom. The minimum Gasteiger partial charge on any atom is -0.121 e. The predicted molar refractivity (Wildman–Crippen MR) is 130 cm³/mol. The standard InChI is InChI=1S/C25H20IS2/c26-21-13-11-20(12-14-21)19-27-22-15-17-25(18-16-22)28(23-7-3-1-4-8-23)24-9-5-2-6-10-24/h1-18H,19H2/q+1. The molecule has 0 nitrogen and oxygen atoms in total. The van der Waals surface area contributed by atoms with E-state index in [9.17, 15) is 0 Å². The van der Waals surface area contributed by atoms with Crippen LogP contribution in [0.1, 0.15) is 5.56 Å². The molecule has 0 saturated heterocycles. The van der Waals surface area contributed by atoms with Crippen molar-refractivity contribution in [2.24, 2.45) is 0 Å². The fourth-order valence-corrected chi connectivity index (χ4v) is 6.24. The van der Waals surface area contributed by atoms with Crippen molar-refractivity contribution in [1.82, 2.24) is 0 Å². The van der Waals surface area contributed by atoms with Crippen LogP contribution in [0.25, 0.3) is 0 Å². The summed E-state index contributed by atoms with van der Waals surface area (Å²) < 4.78 is 1.28. The van der Waals surface area contributed by atoms with E-state index in [1.165, 1.54) is 28.7 Å². The first-order chi connectivity index (χ1) is 13.8. The van der Waals surface area contributed by atoms with E-state index in [1.54, 1.807) is 0 Å². The maximum atomic E-state index is 2.35. The fraction of sp³-hybridized carbons (Fsp3) is 0.0400. The molecule has 0 aromatic heterocycles. The van der Waals surface area contributed by atoms with Crippen molar-refractivity contribution in [3.63, 3.8) is 0 Å². The van der Waals surface area contributed by atoms with Crippen molar-refractivity contribution in [2.75, 3.05) is 0 Å². The largest absolute Gasteiger partial charge is 0.166 e. The first-order valence-corrected chi connectivity index (χ1v) is 12.4. The van der Waals surface area contributed by atoms with Crippen LogP contribution < -0.4 is 0 Å². The lowest BCUT2D eigenvalue weighted by Crippen LogP contribution is -2.04. The first-order valence-electron chi connectivity index (χ1n) is 9.11. The zero-order valence-corrected chi connectivity index (χ0v) is 19.1. The van der Waals surface area contributed by atoms with Gasteiger partial charge in [-0.2, -0.15) is 0 Å². The first kappa shape index (κ1) is 19.6. The van der Waals surface area contributed by atoms with Crippen LogP contribution in [0.3, 0.4) is 0 Å². The SMILES string of the molecule is Ic1ccc(CSc2ccc([S+](c3ccccc3)c3ccccc3)cc2)cc1. The van der Waals surface area contributed by atoms with Crippen molar-refractivity contribution < 1.29 is 0 Å². The molecule has 4 rings (SSSR count). The second-order valence-electron chi connectivity index (χ2n) is 6.32. The van der Waals surface area contributed by atoms with Gasteiger partial charge in [-0.25, -0.2) is 0 Å². The minimum atomic E-state index is -0.0756. The van der Waals surface area contributed by atoms with Gasteiger partial charge in [-0.15, -0.1) is 11.8 Å². The molecule has 0 aliphatic heterocycles. The van der Waals surface area contributed by atoms with Gasteiger partial charge in [0.05, 0.1) is 10.9 Å². The van der Waals surface area contributed by atoms with Gasteiger partial charge in [-0.05, 0) is 88.8 Å². The Labute approximate surface area is 187 Å². The van der Waals surface area contributed by atoms with Gasteiger partial charge in [-0.1, -0.05) is 48.5 Å². The Morgan fingerprint density at radius 3 is 1.61 bits per heavy atom. The molecular formula is C25H20IS2+. The van der Waals surface area contributed by atoms with Gasteiger partial charge in [0.25, 0.3) is 0 Å². The summed E-state index contributed by atoms with van der Waals surface area (Å²) in [6.07, 6.45) is 0. The van der Waals surface area contributed by atoms with E-state index in [-0.39, 0.29) is 10.9 Å². The summed E-state index contributed by atoms with van der Waals surface area (Å²) in [7, 11) is -0.0756. The van der Waals surface area contributed by atoms with Crippen molar-refractivity contribution in [1.29, 1.82) is 0 Å². The number of hydrogen-bond donors (Lipinski definition) is 0. The fourth-order valence-electron chi connectivity index (χ4n) is 2.94. The van der Waals surface area contributed by atoms with Gasteiger partial charge in [0, 0.05) is 14.2 Å². The molecule has 0 heterocycles. The van der Waals surface area contributed by atoms with Crippen LogP contribution in [0.4, 0.5) is 0 Å². The molecule has 3 heteroatoms. The maximum Gasteiger partial charge on any atom is 0.166 e. The van der Waals surface area contributed by atoms with Crippen LogP contribution in [-0.2, 0) is 16.6 Å². The molecule has 0 bridgehead atoms.